The lowest BCUT2D eigenvalue weighted by Crippen LogP contribution is -2.24. The van der Waals surface area contributed by atoms with E-state index in [0.717, 1.165) is 11.3 Å². The quantitative estimate of drug-likeness (QED) is 0.418. The predicted octanol–water partition coefficient (Wildman–Crippen LogP) is 3.14. The Labute approximate surface area is 157 Å². The minimum Gasteiger partial charge on any atom is -0.348 e. The first-order chi connectivity index (χ1) is 13.2. The second kappa shape index (κ2) is 8.41. The Bertz CT molecular complexity index is 1010. The van der Waals surface area contributed by atoms with Crippen LogP contribution < -0.4 is 5.32 Å². The molecule has 0 fully saturated rings. The molecule has 0 saturated heterocycles. The summed E-state index contributed by atoms with van der Waals surface area (Å²) in [6.45, 7) is 3.84. The van der Waals surface area contributed by atoms with E-state index in [4.69, 9.17) is 0 Å². The van der Waals surface area contributed by atoms with Crippen molar-refractivity contribution in [1.82, 2.24) is 20.1 Å². The Balaban J connectivity index is 2.09. The van der Waals surface area contributed by atoms with Gasteiger partial charge in [-0.15, -0.1) is 6.58 Å². The molecule has 0 aliphatic heterocycles. The van der Waals surface area contributed by atoms with Crippen LogP contribution in [0.25, 0.3) is 23.0 Å². The first-order valence-electron chi connectivity index (χ1n) is 8.29. The molecule has 6 nitrogen and oxygen atoms in total. The molecule has 3 rings (SSSR count). The highest BCUT2D eigenvalue weighted by Gasteiger charge is 2.14. The Morgan fingerprint density at radius 3 is 2.74 bits per heavy atom. The van der Waals surface area contributed by atoms with Crippen molar-refractivity contribution in [1.29, 1.82) is 5.26 Å². The maximum Gasteiger partial charge on any atom is 0.262 e. The van der Waals surface area contributed by atoms with Gasteiger partial charge >= 0.3 is 0 Å². The van der Waals surface area contributed by atoms with Crippen LogP contribution in [0.15, 0.2) is 79.3 Å². The summed E-state index contributed by atoms with van der Waals surface area (Å²) in [6, 6.07) is 15.3. The number of hydrogen-bond donors (Lipinski definition) is 1. The third kappa shape index (κ3) is 4.17. The smallest absolute Gasteiger partial charge is 0.262 e. The van der Waals surface area contributed by atoms with Crippen LogP contribution in [0, 0.1) is 11.3 Å². The van der Waals surface area contributed by atoms with Crippen molar-refractivity contribution in [3.63, 3.8) is 0 Å². The van der Waals surface area contributed by atoms with Crippen molar-refractivity contribution >= 4 is 12.0 Å². The van der Waals surface area contributed by atoms with Gasteiger partial charge in [0.1, 0.15) is 17.3 Å². The lowest BCUT2D eigenvalue weighted by Gasteiger charge is -2.01. The van der Waals surface area contributed by atoms with E-state index in [0.29, 0.717) is 11.3 Å². The van der Waals surface area contributed by atoms with Crippen LogP contribution in [-0.4, -0.2) is 27.2 Å². The number of nitrogens with zero attached hydrogens (tertiary/aromatic N) is 4. The molecule has 3 aromatic rings. The fourth-order valence-corrected chi connectivity index (χ4v) is 2.50. The van der Waals surface area contributed by atoms with Gasteiger partial charge in [0.25, 0.3) is 5.91 Å². The molecule has 0 saturated carbocycles. The summed E-state index contributed by atoms with van der Waals surface area (Å²) >= 11 is 0. The van der Waals surface area contributed by atoms with Gasteiger partial charge in [-0.2, -0.15) is 10.4 Å². The minimum atomic E-state index is -0.456. The molecule has 1 N–H and O–H groups in total. The van der Waals surface area contributed by atoms with Gasteiger partial charge < -0.3 is 5.32 Å². The van der Waals surface area contributed by atoms with E-state index in [1.54, 1.807) is 29.3 Å². The third-order valence-electron chi connectivity index (χ3n) is 3.77. The van der Waals surface area contributed by atoms with Crippen LogP contribution in [0.4, 0.5) is 0 Å². The van der Waals surface area contributed by atoms with Gasteiger partial charge in [0.2, 0.25) is 0 Å². The van der Waals surface area contributed by atoms with Gasteiger partial charge in [-0.25, -0.2) is 4.68 Å². The fourth-order valence-electron chi connectivity index (χ4n) is 2.50. The molecule has 132 valence electrons. The second-order valence-corrected chi connectivity index (χ2v) is 5.62. The molecular formula is C21H17N5O. The molecule has 2 aromatic heterocycles. The van der Waals surface area contributed by atoms with E-state index in [1.807, 2.05) is 48.5 Å². The van der Waals surface area contributed by atoms with E-state index in [2.05, 4.69) is 22.0 Å². The van der Waals surface area contributed by atoms with Crippen LogP contribution in [0.5, 0.6) is 0 Å². The highest BCUT2D eigenvalue weighted by atomic mass is 16.1. The zero-order valence-corrected chi connectivity index (χ0v) is 14.5. The highest BCUT2D eigenvalue weighted by molar-refractivity contribution is 6.02. The molecular weight excluding hydrogens is 338 g/mol. The number of nitrogens with one attached hydrogen (secondary N) is 1. The molecule has 0 spiro atoms. The summed E-state index contributed by atoms with van der Waals surface area (Å²) in [5, 5.41) is 16.6. The van der Waals surface area contributed by atoms with E-state index >= 15 is 0 Å². The van der Waals surface area contributed by atoms with Gasteiger partial charge in [-0.05, 0) is 30.3 Å². The number of benzene rings is 1. The molecule has 27 heavy (non-hydrogen) atoms. The van der Waals surface area contributed by atoms with Crippen LogP contribution in [0.3, 0.4) is 0 Å². The number of hydrogen-bond acceptors (Lipinski definition) is 4. The lowest BCUT2D eigenvalue weighted by molar-refractivity contribution is -0.116. The normalized spacial score (nSPS) is 10.9. The van der Waals surface area contributed by atoms with Crippen LogP contribution in [0.2, 0.25) is 0 Å². The van der Waals surface area contributed by atoms with Crippen LogP contribution in [-0.2, 0) is 4.79 Å². The largest absolute Gasteiger partial charge is 0.348 e. The monoisotopic (exact) mass is 355 g/mol. The summed E-state index contributed by atoms with van der Waals surface area (Å²) < 4.78 is 1.71. The molecule has 1 amide bonds. The number of para-hydroxylation sites is 1. The third-order valence-corrected chi connectivity index (χ3v) is 3.77. The van der Waals surface area contributed by atoms with Crippen LogP contribution >= 0.6 is 0 Å². The van der Waals surface area contributed by atoms with E-state index < -0.39 is 5.91 Å². The standard InChI is InChI=1S/C21H17N5O/c1-2-10-24-21(27)17(13-22)12-18-15-26(19-8-4-3-5-9-19)25-20(18)16-7-6-11-23-14-16/h2-9,11-12,14-15H,1,10H2,(H,24,27)/b17-12+. The molecule has 0 aliphatic rings. The zero-order chi connectivity index (χ0) is 19.1. The SMILES string of the molecule is C=CCNC(=O)/C(C#N)=C/c1cn(-c2ccccc2)nc1-c1cccnc1. The van der Waals surface area contributed by atoms with E-state index in [-0.39, 0.29) is 12.1 Å². The van der Waals surface area contributed by atoms with Gasteiger partial charge in [0.15, 0.2) is 0 Å². The maximum absolute atomic E-state index is 12.2. The molecule has 0 radical (unpaired) electrons. The Morgan fingerprint density at radius 2 is 2.07 bits per heavy atom. The molecule has 0 bridgehead atoms. The molecule has 1 aromatic carbocycles. The van der Waals surface area contributed by atoms with E-state index in [9.17, 15) is 10.1 Å². The second-order valence-electron chi connectivity index (χ2n) is 5.62. The number of nitriles is 1. The Kier molecular flexibility index (Phi) is 5.55. The fraction of sp³-hybridized carbons (Fsp3) is 0.0476. The van der Waals surface area contributed by atoms with Crippen molar-refractivity contribution in [2.45, 2.75) is 0 Å². The Morgan fingerprint density at radius 1 is 1.26 bits per heavy atom. The Hall–Kier alpha value is -3.98. The van der Waals surface area contributed by atoms with Gasteiger partial charge in [-0.3, -0.25) is 9.78 Å². The number of amides is 1. The van der Waals surface area contributed by atoms with Crippen LogP contribution in [0.1, 0.15) is 5.56 Å². The molecule has 0 unspecified atom stereocenters. The maximum atomic E-state index is 12.2. The zero-order valence-electron chi connectivity index (χ0n) is 14.5. The average Bonchev–Trinajstić information content (AvgIpc) is 3.15. The highest BCUT2D eigenvalue weighted by Crippen LogP contribution is 2.25. The van der Waals surface area contributed by atoms with Crippen molar-refractivity contribution in [2.75, 3.05) is 6.54 Å². The average molecular weight is 355 g/mol. The summed E-state index contributed by atoms with van der Waals surface area (Å²) in [7, 11) is 0. The van der Waals surface area contributed by atoms with Gasteiger partial charge in [0.05, 0.1) is 5.69 Å². The topological polar surface area (TPSA) is 83.6 Å². The summed E-state index contributed by atoms with van der Waals surface area (Å²) in [5.74, 6) is -0.456. The van der Waals surface area contributed by atoms with Crippen molar-refractivity contribution in [3.8, 4) is 23.0 Å². The predicted molar refractivity (Wildman–Crippen MR) is 104 cm³/mol. The summed E-state index contributed by atoms with van der Waals surface area (Å²) in [5.41, 5.74) is 2.95. The molecule has 0 aliphatic carbocycles. The number of aromatic nitrogens is 3. The number of carbonyl (C=O) groups is 1. The summed E-state index contributed by atoms with van der Waals surface area (Å²) in [4.78, 5) is 16.3. The molecule has 6 heteroatoms. The molecule has 0 atom stereocenters. The first kappa shape index (κ1) is 17.8. The molecule has 2 heterocycles. The first-order valence-corrected chi connectivity index (χ1v) is 8.29. The number of pyridine rings is 1. The van der Waals surface area contributed by atoms with E-state index in [1.165, 1.54) is 6.08 Å². The lowest BCUT2D eigenvalue weighted by atomic mass is 10.1. The van der Waals surface area contributed by atoms with Gasteiger partial charge in [-0.1, -0.05) is 24.3 Å². The number of rotatable bonds is 6. The van der Waals surface area contributed by atoms with Crippen molar-refractivity contribution in [2.24, 2.45) is 0 Å². The van der Waals surface area contributed by atoms with Crippen molar-refractivity contribution < 1.29 is 4.79 Å². The minimum absolute atomic E-state index is 0.00500. The van der Waals surface area contributed by atoms with Crippen molar-refractivity contribution in [3.05, 3.63) is 84.8 Å². The number of carbonyl (C=O) groups excluding carboxylic acids is 1. The van der Waals surface area contributed by atoms with Gasteiger partial charge in [0, 0.05) is 36.3 Å². The summed E-state index contributed by atoms with van der Waals surface area (Å²) in [6.07, 6.45) is 8.25.